The van der Waals surface area contributed by atoms with Crippen LogP contribution in [0, 0.1) is 13.8 Å². The molecule has 4 rings (SSSR count). The Morgan fingerprint density at radius 3 is 2.44 bits per heavy atom. The second-order valence-corrected chi connectivity index (χ2v) is 9.13. The van der Waals surface area contributed by atoms with E-state index in [1.165, 1.54) is 22.6 Å². The quantitative estimate of drug-likeness (QED) is 0.436. The molecule has 34 heavy (non-hydrogen) atoms. The van der Waals surface area contributed by atoms with Crippen molar-refractivity contribution < 1.29 is 5.11 Å². The van der Waals surface area contributed by atoms with Crippen molar-refractivity contribution in [1.29, 1.82) is 0 Å². The topological polar surface area (TPSA) is 56.6 Å². The van der Waals surface area contributed by atoms with E-state index in [0.717, 1.165) is 24.5 Å². The molecule has 2 atom stereocenters. The van der Waals surface area contributed by atoms with Crippen LogP contribution in [0.15, 0.2) is 54.7 Å². The van der Waals surface area contributed by atoms with E-state index in [4.69, 9.17) is 12.2 Å². The van der Waals surface area contributed by atoms with E-state index in [2.05, 4.69) is 82.7 Å². The van der Waals surface area contributed by atoms with Crippen molar-refractivity contribution in [3.05, 3.63) is 77.4 Å². The summed E-state index contributed by atoms with van der Waals surface area (Å²) in [4.78, 5) is 9.20. The standard InChI is InChI=1S/C27H35N5OS/c1-5-30(6-2)21-11-13-22(14-12-21)32-19(3)18-23(20(32)4)26-25(24-10-7-8-15-28-24)29-27(34)31(26)16-9-17-33/h7-8,10-15,18,25-26,33H,5-6,9,16-17H2,1-4H3,(H,29,34)/t25-,26-/m0/s1. The summed E-state index contributed by atoms with van der Waals surface area (Å²) >= 11 is 5.74. The van der Waals surface area contributed by atoms with Gasteiger partial charge in [-0.25, -0.2) is 0 Å². The number of aryl methyl sites for hydroxylation is 1. The fourth-order valence-corrected chi connectivity index (χ4v) is 5.44. The van der Waals surface area contributed by atoms with E-state index in [1.807, 2.05) is 24.4 Å². The lowest BCUT2D eigenvalue weighted by Crippen LogP contribution is -2.31. The highest BCUT2D eigenvalue weighted by Crippen LogP contribution is 2.41. The van der Waals surface area contributed by atoms with Crippen molar-refractivity contribution in [3.63, 3.8) is 0 Å². The van der Waals surface area contributed by atoms with Gasteiger partial charge in [0.2, 0.25) is 0 Å². The van der Waals surface area contributed by atoms with E-state index in [0.29, 0.717) is 18.1 Å². The predicted octanol–water partition coefficient (Wildman–Crippen LogP) is 4.69. The van der Waals surface area contributed by atoms with Gasteiger partial charge in [0.15, 0.2) is 5.11 Å². The van der Waals surface area contributed by atoms with Gasteiger partial charge in [-0.2, -0.15) is 0 Å². The molecule has 1 fully saturated rings. The van der Waals surface area contributed by atoms with Crippen LogP contribution in [0.4, 0.5) is 5.69 Å². The predicted molar refractivity (Wildman–Crippen MR) is 143 cm³/mol. The zero-order valence-electron chi connectivity index (χ0n) is 20.5. The van der Waals surface area contributed by atoms with E-state index in [-0.39, 0.29) is 18.7 Å². The normalized spacial score (nSPS) is 17.8. The first-order valence-electron chi connectivity index (χ1n) is 12.1. The second kappa shape index (κ2) is 10.6. The Labute approximate surface area is 208 Å². The number of aromatic nitrogens is 2. The molecule has 0 bridgehead atoms. The molecular formula is C27H35N5OS. The molecule has 1 aliphatic heterocycles. The molecule has 0 radical (unpaired) electrons. The fraction of sp³-hybridized carbons (Fsp3) is 0.407. The maximum absolute atomic E-state index is 9.49. The minimum absolute atomic E-state index is 0.00356. The van der Waals surface area contributed by atoms with Gasteiger partial charge in [-0.3, -0.25) is 4.98 Å². The van der Waals surface area contributed by atoms with Crippen molar-refractivity contribution >= 4 is 23.0 Å². The van der Waals surface area contributed by atoms with Crippen molar-refractivity contribution in [2.75, 3.05) is 31.1 Å². The first-order valence-corrected chi connectivity index (χ1v) is 12.5. The SMILES string of the molecule is CCN(CC)c1ccc(-n2c(C)cc([C@H]3[C@H](c4ccccn4)NC(=S)N3CCCO)c2C)cc1. The number of aliphatic hydroxyl groups is 1. The number of pyridine rings is 1. The van der Waals surface area contributed by atoms with Gasteiger partial charge >= 0.3 is 0 Å². The minimum atomic E-state index is -0.0496. The zero-order chi connectivity index (χ0) is 24.2. The maximum atomic E-state index is 9.49. The van der Waals surface area contributed by atoms with Gasteiger partial charge in [-0.15, -0.1) is 0 Å². The molecule has 180 valence electrons. The largest absolute Gasteiger partial charge is 0.396 e. The average Bonchev–Trinajstić information content (AvgIpc) is 3.34. The van der Waals surface area contributed by atoms with E-state index in [1.54, 1.807) is 0 Å². The molecule has 0 unspecified atom stereocenters. The highest BCUT2D eigenvalue weighted by molar-refractivity contribution is 7.80. The van der Waals surface area contributed by atoms with Crippen LogP contribution in [0.5, 0.6) is 0 Å². The summed E-state index contributed by atoms with van der Waals surface area (Å²) in [7, 11) is 0. The van der Waals surface area contributed by atoms with E-state index >= 15 is 0 Å². The van der Waals surface area contributed by atoms with Gasteiger partial charge in [0.05, 0.1) is 17.8 Å². The number of nitrogens with one attached hydrogen (secondary N) is 1. The Morgan fingerprint density at radius 2 is 1.82 bits per heavy atom. The Morgan fingerprint density at radius 1 is 1.09 bits per heavy atom. The summed E-state index contributed by atoms with van der Waals surface area (Å²) < 4.78 is 2.32. The molecule has 3 heterocycles. The van der Waals surface area contributed by atoms with Crippen LogP contribution < -0.4 is 10.2 Å². The minimum Gasteiger partial charge on any atom is -0.396 e. The summed E-state index contributed by atoms with van der Waals surface area (Å²) in [6, 6.07) is 17.0. The molecule has 2 aromatic heterocycles. The number of hydrogen-bond acceptors (Lipinski definition) is 4. The molecule has 0 amide bonds. The van der Waals surface area contributed by atoms with Crippen LogP contribution >= 0.6 is 12.2 Å². The monoisotopic (exact) mass is 477 g/mol. The van der Waals surface area contributed by atoms with Gasteiger partial charge in [0.25, 0.3) is 0 Å². The van der Waals surface area contributed by atoms with Gasteiger partial charge in [-0.05, 0) is 94.4 Å². The summed E-state index contributed by atoms with van der Waals surface area (Å²) in [5, 5.41) is 13.7. The van der Waals surface area contributed by atoms with Crippen molar-refractivity contribution in [2.24, 2.45) is 0 Å². The lowest BCUT2D eigenvalue weighted by atomic mass is 9.96. The highest BCUT2D eigenvalue weighted by atomic mass is 32.1. The Kier molecular flexibility index (Phi) is 7.54. The summed E-state index contributed by atoms with van der Waals surface area (Å²) in [5.74, 6) is 0. The molecule has 1 aromatic carbocycles. The number of aliphatic hydroxyl groups excluding tert-OH is 1. The van der Waals surface area contributed by atoms with Crippen LogP contribution in [-0.4, -0.2) is 50.9 Å². The molecule has 7 heteroatoms. The Bertz CT molecular complexity index is 1110. The Balaban J connectivity index is 1.75. The number of rotatable bonds is 9. The average molecular weight is 478 g/mol. The molecule has 1 saturated heterocycles. The molecule has 3 aromatic rings. The van der Waals surface area contributed by atoms with Crippen LogP contribution in [0.3, 0.4) is 0 Å². The van der Waals surface area contributed by atoms with Gasteiger partial charge in [0, 0.05) is 55.2 Å². The summed E-state index contributed by atoms with van der Waals surface area (Å²) in [6.45, 7) is 11.5. The number of hydrogen-bond donors (Lipinski definition) is 2. The van der Waals surface area contributed by atoms with Gasteiger partial charge in [0.1, 0.15) is 0 Å². The molecule has 0 saturated carbocycles. The highest BCUT2D eigenvalue weighted by Gasteiger charge is 2.41. The Hall–Kier alpha value is -2.90. The molecule has 0 aliphatic carbocycles. The van der Waals surface area contributed by atoms with Crippen molar-refractivity contribution in [2.45, 2.75) is 46.2 Å². The van der Waals surface area contributed by atoms with Crippen molar-refractivity contribution in [1.82, 2.24) is 19.8 Å². The lowest BCUT2D eigenvalue weighted by molar-refractivity contribution is 0.247. The molecule has 2 N–H and O–H groups in total. The van der Waals surface area contributed by atoms with E-state index in [9.17, 15) is 5.11 Å². The van der Waals surface area contributed by atoms with Crippen LogP contribution in [0.25, 0.3) is 5.69 Å². The summed E-state index contributed by atoms with van der Waals surface area (Å²) in [5.41, 5.74) is 6.97. The zero-order valence-corrected chi connectivity index (χ0v) is 21.3. The number of benzene rings is 1. The van der Waals surface area contributed by atoms with Gasteiger partial charge < -0.3 is 24.8 Å². The number of thiocarbonyl (C=S) groups is 1. The third kappa shape index (κ3) is 4.55. The molecule has 6 nitrogen and oxygen atoms in total. The molecular weight excluding hydrogens is 442 g/mol. The van der Waals surface area contributed by atoms with Crippen molar-refractivity contribution in [3.8, 4) is 5.69 Å². The third-order valence-electron chi connectivity index (χ3n) is 6.78. The maximum Gasteiger partial charge on any atom is 0.170 e. The molecule has 0 spiro atoms. The van der Waals surface area contributed by atoms with Crippen LogP contribution in [0.1, 0.15) is 55.0 Å². The third-order valence-corrected chi connectivity index (χ3v) is 7.13. The first-order chi connectivity index (χ1) is 16.5. The smallest absolute Gasteiger partial charge is 0.170 e. The summed E-state index contributed by atoms with van der Waals surface area (Å²) in [6.07, 6.45) is 2.49. The lowest BCUT2D eigenvalue weighted by Gasteiger charge is -2.28. The number of anilines is 1. The first kappa shape index (κ1) is 24.2. The fourth-order valence-electron chi connectivity index (χ4n) is 5.11. The van der Waals surface area contributed by atoms with Gasteiger partial charge in [-0.1, -0.05) is 6.07 Å². The second-order valence-electron chi connectivity index (χ2n) is 8.75. The van der Waals surface area contributed by atoms with Crippen LogP contribution in [0.2, 0.25) is 0 Å². The van der Waals surface area contributed by atoms with E-state index < -0.39 is 0 Å². The van der Waals surface area contributed by atoms with Crippen LogP contribution in [-0.2, 0) is 0 Å². The number of nitrogens with zero attached hydrogens (tertiary/aromatic N) is 4. The molecule has 1 aliphatic rings.